The first kappa shape index (κ1) is 22.2. The fourth-order valence-electron chi connectivity index (χ4n) is 1.05. The van der Waals surface area contributed by atoms with Crippen LogP contribution in [-0.4, -0.2) is 13.1 Å². The molecule has 0 radical (unpaired) electrons. The van der Waals surface area contributed by atoms with Crippen molar-refractivity contribution in [2.75, 3.05) is 7.11 Å². The molecular weight excluding hydrogens is 286 g/mol. The summed E-state index contributed by atoms with van der Waals surface area (Å²) in [5.41, 5.74) is 1.65. The van der Waals surface area contributed by atoms with Crippen LogP contribution in [0.1, 0.15) is 12.5 Å². The van der Waals surface area contributed by atoms with Gasteiger partial charge in [-0.1, -0.05) is 80.4 Å². The van der Waals surface area contributed by atoms with E-state index in [2.05, 4.69) is 42.7 Å². The number of hydrogen-bond donors (Lipinski definition) is 0. The van der Waals surface area contributed by atoms with Gasteiger partial charge >= 0.3 is 5.97 Å². The maximum Gasteiger partial charge on any atom is 0.332 e. The van der Waals surface area contributed by atoms with E-state index in [0.29, 0.717) is 5.57 Å². The van der Waals surface area contributed by atoms with E-state index in [9.17, 15) is 4.79 Å². The van der Waals surface area contributed by atoms with E-state index < -0.39 is 0 Å². The molecule has 0 fully saturated rings. The first-order valence-electron chi connectivity index (χ1n) is 6.78. The summed E-state index contributed by atoms with van der Waals surface area (Å²) in [6.07, 6.45) is 10.9. The molecule has 0 aliphatic carbocycles. The minimum atomic E-state index is -0.347. The van der Waals surface area contributed by atoms with Crippen molar-refractivity contribution in [3.05, 3.63) is 91.6 Å². The quantitative estimate of drug-likeness (QED) is 0.345. The Morgan fingerprint density at radius 3 is 2.09 bits per heavy atom. The summed E-state index contributed by atoms with van der Waals surface area (Å²) < 4.78 is 4.27. The van der Waals surface area contributed by atoms with Crippen molar-refractivity contribution in [3.63, 3.8) is 0 Å². The molecule has 0 aliphatic rings. The zero-order valence-electron chi connectivity index (χ0n) is 13.7. The molecule has 0 atom stereocenters. The van der Waals surface area contributed by atoms with Crippen LogP contribution >= 0.6 is 0 Å². The highest BCUT2D eigenvalue weighted by atomic mass is 16.5. The Labute approximate surface area is 139 Å². The summed E-state index contributed by atoms with van der Waals surface area (Å²) in [5, 5.41) is 7.51. The van der Waals surface area contributed by atoms with Gasteiger partial charge in [-0.2, -0.15) is 5.26 Å². The van der Waals surface area contributed by atoms with E-state index >= 15 is 0 Å². The number of methoxy groups -OCH3 is 1. The number of nitrogens with zero attached hydrogens (tertiary/aromatic N) is 1. The summed E-state index contributed by atoms with van der Waals surface area (Å²) >= 11 is 0. The molecule has 0 bridgehead atoms. The van der Waals surface area contributed by atoms with Gasteiger partial charge < -0.3 is 4.74 Å². The minimum Gasteiger partial charge on any atom is -0.466 e. The average molecular weight is 309 g/mol. The van der Waals surface area contributed by atoms with E-state index in [1.807, 2.05) is 36.4 Å². The van der Waals surface area contributed by atoms with Crippen molar-refractivity contribution in [2.24, 2.45) is 0 Å². The lowest BCUT2D eigenvalue weighted by atomic mass is 10.2. The molecule has 0 spiro atoms. The Morgan fingerprint density at radius 2 is 1.74 bits per heavy atom. The predicted molar refractivity (Wildman–Crippen MR) is 97.5 cm³/mol. The molecular formula is C20H23NO2. The normalized spacial score (nSPS) is 8.74. The number of ether oxygens (including phenoxy) is 1. The van der Waals surface area contributed by atoms with Crippen molar-refractivity contribution >= 4 is 12.0 Å². The molecule has 0 saturated heterocycles. The van der Waals surface area contributed by atoms with E-state index in [1.165, 1.54) is 18.7 Å². The SMILES string of the molecule is C=C(C)C(=O)OC.C=CC#N.C=CC=CC=Cc1ccccc1. The van der Waals surface area contributed by atoms with Crippen LogP contribution in [0.2, 0.25) is 0 Å². The van der Waals surface area contributed by atoms with Gasteiger partial charge in [-0.3, -0.25) is 0 Å². The van der Waals surface area contributed by atoms with Gasteiger partial charge in [0.15, 0.2) is 0 Å². The number of hydrogen-bond acceptors (Lipinski definition) is 3. The topological polar surface area (TPSA) is 50.1 Å². The van der Waals surface area contributed by atoms with Gasteiger partial charge in [0.2, 0.25) is 0 Å². The second-order valence-corrected chi connectivity index (χ2v) is 4.00. The van der Waals surface area contributed by atoms with Crippen molar-refractivity contribution in [3.8, 4) is 6.07 Å². The number of rotatable bonds is 4. The number of esters is 1. The molecule has 1 aromatic rings. The zero-order chi connectivity index (χ0) is 17.9. The number of benzene rings is 1. The van der Waals surface area contributed by atoms with Crippen LogP contribution in [0.15, 0.2) is 86.0 Å². The molecule has 0 unspecified atom stereocenters. The number of carbonyl (C=O) groups excluding carboxylic acids is 1. The highest BCUT2D eigenvalue weighted by Crippen LogP contribution is 2.00. The zero-order valence-corrected chi connectivity index (χ0v) is 13.7. The summed E-state index contributed by atoms with van der Waals surface area (Å²) in [5.74, 6) is -0.347. The molecule has 0 aromatic heterocycles. The second kappa shape index (κ2) is 16.9. The minimum absolute atomic E-state index is 0.347. The first-order valence-corrected chi connectivity index (χ1v) is 6.78. The standard InChI is InChI=1S/C12H12.C5H8O2.C3H3N/c1-2-3-4-6-9-12-10-7-5-8-11-12;1-4(2)5(6)7-3;1-2-3-4/h2-11H,1H2;1H2,2-3H3;2H,1H2. The van der Waals surface area contributed by atoms with Crippen LogP contribution < -0.4 is 0 Å². The number of carbonyl (C=O) groups is 1. The van der Waals surface area contributed by atoms with Crippen LogP contribution in [0.25, 0.3) is 6.08 Å². The van der Waals surface area contributed by atoms with Gasteiger partial charge in [0.1, 0.15) is 0 Å². The van der Waals surface area contributed by atoms with E-state index in [-0.39, 0.29) is 5.97 Å². The third kappa shape index (κ3) is 16.8. The van der Waals surface area contributed by atoms with Crippen LogP contribution in [0.5, 0.6) is 0 Å². The average Bonchev–Trinajstić information content (AvgIpc) is 2.59. The molecule has 1 rings (SSSR count). The molecule has 3 nitrogen and oxygen atoms in total. The summed E-state index contributed by atoms with van der Waals surface area (Å²) in [6.45, 7) is 11.7. The highest BCUT2D eigenvalue weighted by molar-refractivity contribution is 5.86. The van der Waals surface area contributed by atoms with Crippen molar-refractivity contribution < 1.29 is 9.53 Å². The lowest BCUT2D eigenvalue weighted by molar-refractivity contribution is -0.136. The van der Waals surface area contributed by atoms with Gasteiger partial charge in [0.25, 0.3) is 0 Å². The van der Waals surface area contributed by atoms with Crippen molar-refractivity contribution in [1.29, 1.82) is 5.26 Å². The van der Waals surface area contributed by atoms with Gasteiger partial charge in [0.05, 0.1) is 13.2 Å². The van der Waals surface area contributed by atoms with Crippen LogP contribution in [0.3, 0.4) is 0 Å². The van der Waals surface area contributed by atoms with Gasteiger partial charge in [-0.15, -0.1) is 0 Å². The maximum absolute atomic E-state index is 10.2. The number of nitriles is 1. The third-order valence-corrected chi connectivity index (χ3v) is 2.07. The third-order valence-electron chi connectivity index (χ3n) is 2.07. The predicted octanol–water partition coefficient (Wildman–Crippen LogP) is 4.87. The van der Waals surface area contributed by atoms with Crippen molar-refractivity contribution in [1.82, 2.24) is 0 Å². The Balaban J connectivity index is 0. The lowest BCUT2D eigenvalue weighted by Crippen LogP contribution is -1.98. The Hall–Kier alpha value is -3.12. The smallest absolute Gasteiger partial charge is 0.332 e. The summed E-state index contributed by atoms with van der Waals surface area (Å²) in [7, 11) is 1.33. The van der Waals surface area contributed by atoms with Crippen LogP contribution in [0, 0.1) is 11.3 Å². The van der Waals surface area contributed by atoms with Gasteiger partial charge in [0, 0.05) is 11.6 Å². The lowest BCUT2D eigenvalue weighted by Gasteiger charge is -1.91. The monoisotopic (exact) mass is 309 g/mol. The molecule has 0 saturated carbocycles. The molecule has 120 valence electrons. The molecule has 0 N–H and O–H groups in total. The van der Waals surface area contributed by atoms with Gasteiger partial charge in [-0.05, 0) is 12.5 Å². The molecule has 0 amide bonds. The second-order valence-electron chi connectivity index (χ2n) is 4.00. The Kier molecular flexibility index (Phi) is 16.3. The Bertz CT molecular complexity index is 575. The Morgan fingerprint density at radius 1 is 1.17 bits per heavy atom. The molecule has 0 aliphatic heterocycles. The highest BCUT2D eigenvalue weighted by Gasteiger charge is 1.95. The molecule has 0 heterocycles. The van der Waals surface area contributed by atoms with E-state index in [0.717, 1.165) is 0 Å². The molecule has 23 heavy (non-hydrogen) atoms. The van der Waals surface area contributed by atoms with Crippen LogP contribution in [-0.2, 0) is 9.53 Å². The fraction of sp³-hybridized carbons (Fsp3) is 0.100. The van der Waals surface area contributed by atoms with E-state index in [4.69, 9.17) is 5.26 Å². The van der Waals surface area contributed by atoms with Gasteiger partial charge in [-0.25, -0.2) is 4.79 Å². The van der Waals surface area contributed by atoms with Crippen molar-refractivity contribution in [2.45, 2.75) is 6.92 Å². The van der Waals surface area contributed by atoms with Crippen LogP contribution in [0.4, 0.5) is 0 Å². The fourth-order valence-corrected chi connectivity index (χ4v) is 1.05. The molecule has 3 heteroatoms. The molecule has 1 aromatic carbocycles. The largest absolute Gasteiger partial charge is 0.466 e. The van der Waals surface area contributed by atoms with E-state index in [1.54, 1.807) is 19.1 Å². The number of allylic oxidation sites excluding steroid dienone is 5. The first-order chi connectivity index (χ1) is 11.0. The summed E-state index contributed by atoms with van der Waals surface area (Å²) in [6, 6.07) is 11.9. The summed E-state index contributed by atoms with van der Waals surface area (Å²) in [4.78, 5) is 10.2. The maximum atomic E-state index is 10.2.